The van der Waals surface area contributed by atoms with Gasteiger partial charge >= 0.3 is 5.97 Å². The highest BCUT2D eigenvalue weighted by Crippen LogP contribution is 2.60. The van der Waals surface area contributed by atoms with Crippen molar-refractivity contribution in [3.8, 4) is 0 Å². The Labute approximate surface area is 171 Å². The molecule has 0 spiro atoms. The predicted octanol–water partition coefficient (Wildman–Crippen LogP) is 6.16. The summed E-state index contributed by atoms with van der Waals surface area (Å²) in [4.78, 5) is 22.6. The molecule has 0 aromatic carbocycles. The topological polar surface area (TPSA) is 55.8 Å². The molecular formula is C24H40O4. The van der Waals surface area contributed by atoms with Gasteiger partial charge < -0.3 is 5.11 Å². The highest BCUT2D eigenvalue weighted by molar-refractivity contribution is 5.70. The van der Waals surface area contributed by atoms with Gasteiger partial charge in [0.2, 0.25) is 0 Å². The van der Waals surface area contributed by atoms with E-state index >= 15 is 0 Å². The summed E-state index contributed by atoms with van der Waals surface area (Å²) < 4.78 is 0. The molecule has 1 heterocycles. The summed E-state index contributed by atoms with van der Waals surface area (Å²) in [6, 6.07) is 0. The SMILES string of the molecule is CC1=CCC2C(C)(C)CCCC2(C)C1CCC1(C)CCC(C(C)C(=O)O)OO1. The first-order valence-corrected chi connectivity index (χ1v) is 11.2. The molecule has 0 radical (unpaired) electrons. The minimum Gasteiger partial charge on any atom is -0.481 e. The Morgan fingerprint density at radius 3 is 2.57 bits per heavy atom. The average molecular weight is 393 g/mol. The molecule has 1 saturated heterocycles. The second kappa shape index (κ2) is 7.75. The Hall–Kier alpha value is -0.870. The number of carbonyl (C=O) groups is 1. The zero-order valence-electron chi connectivity index (χ0n) is 18.7. The van der Waals surface area contributed by atoms with Crippen LogP contribution in [-0.4, -0.2) is 22.8 Å². The van der Waals surface area contributed by atoms with Crippen LogP contribution in [0.3, 0.4) is 0 Å². The van der Waals surface area contributed by atoms with E-state index in [0.29, 0.717) is 16.7 Å². The molecule has 0 aromatic heterocycles. The van der Waals surface area contributed by atoms with Crippen molar-refractivity contribution in [2.75, 3.05) is 0 Å². The molecule has 4 nitrogen and oxygen atoms in total. The van der Waals surface area contributed by atoms with Crippen molar-refractivity contribution in [3.63, 3.8) is 0 Å². The van der Waals surface area contributed by atoms with Crippen LogP contribution in [0.1, 0.15) is 92.9 Å². The molecule has 1 N–H and O–H groups in total. The van der Waals surface area contributed by atoms with E-state index in [1.807, 2.05) is 0 Å². The number of rotatable bonds is 5. The molecule has 2 fully saturated rings. The van der Waals surface area contributed by atoms with Crippen molar-refractivity contribution in [2.24, 2.45) is 28.6 Å². The van der Waals surface area contributed by atoms with E-state index in [0.717, 1.165) is 31.6 Å². The average Bonchev–Trinajstić information content (AvgIpc) is 2.60. The number of aliphatic carboxylic acids is 1. The van der Waals surface area contributed by atoms with Crippen LogP contribution in [-0.2, 0) is 14.6 Å². The molecule has 0 aromatic rings. The first-order chi connectivity index (χ1) is 13.0. The minimum absolute atomic E-state index is 0.317. The van der Waals surface area contributed by atoms with Gasteiger partial charge in [-0.05, 0) is 88.4 Å². The fraction of sp³-hybridized carbons (Fsp3) is 0.875. The molecule has 1 saturated carbocycles. The lowest BCUT2D eigenvalue weighted by Crippen LogP contribution is -2.49. The van der Waals surface area contributed by atoms with Crippen LogP contribution in [0.25, 0.3) is 0 Å². The third-order valence-corrected chi connectivity index (χ3v) is 8.54. The van der Waals surface area contributed by atoms with Crippen LogP contribution in [0.15, 0.2) is 11.6 Å². The molecular weight excluding hydrogens is 352 g/mol. The molecule has 2 aliphatic carbocycles. The third-order valence-electron chi connectivity index (χ3n) is 8.54. The van der Waals surface area contributed by atoms with Gasteiger partial charge in [-0.25, -0.2) is 9.78 Å². The van der Waals surface area contributed by atoms with Gasteiger partial charge in [0.1, 0.15) is 11.7 Å². The van der Waals surface area contributed by atoms with E-state index in [4.69, 9.17) is 9.78 Å². The molecule has 0 amide bonds. The number of hydrogen-bond donors (Lipinski definition) is 1. The summed E-state index contributed by atoms with van der Waals surface area (Å²) in [5.41, 5.74) is 2.01. The summed E-state index contributed by atoms with van der Waals surface area (Å²) in [6.45, 7) is 13.6. The van der Waals surface area contributed by atoms with Crippen LogP contribution in [0.4, 0.5) is 0 Å². The fourth-order valence-corrected chi connectivity index (χ4v) is 6.52. The first kappa shape index (κ1) is 21.8. The Morgan fingerprint density at radius 2 is 1.96 bits per heavy atom. The number of fused-ring (bicyclic) bond motifs is 1. The highest BCUT2D eigenvalue weighted by atomic mass is 17.2. The largest absolute Gasteiger partial charge is 0.481 e. The van der Waals surface area contributed by atoms with Gasteiger partial charge in [0.05, 0.1) is 5.92 Å². The van der Waals surface area contributed by atoms with E-state index in [-0.39, 0.29) is 11.7 Å². The maximum Gasteiger partial charge on any atom is 0.308 e. The van der Waals surface area contributed by atoms with E-state index in [9.17, 15) is 9.90 Å². The van der Waals surface area contributed by atoms with Crippen molar-refractivity contribution in [1.29, 1.82) is 0 Å². The van der Waals surface area contributed by atoms with Gasteiger partial charge in [0, 0.05) is 0 Å². The van der Waals surface area contributed by atoms with Crippen molar-refractivity contribution >= 4 is 5.97 Å². The molecule has 0 bridgehead atoms. The smallest absolute Gasteiger partial charge is 0.308 e. The standard InChI is InChI=1S/C24H40O4/c1-16-8-9-20-22(3,4)12-7-13-24(20,6)18(16)10-14-23(5)15-11-19(27-28-23)17(2)21(25)26/h8,17-20H,7,9-15H2,1-6H3,(H,25,26). The van der Waals surface area contributed by atoms with E-state index in [2.05, 4.69) is 40.7 Å². The first-order valence-electron chi connectivity index (χ1n) is 11.2. The number of carboxylic acid groups (broad SMARTS) is 1. The third kappa shape index (κ3) is 4.05. The zero-order chi connectivity index (χ0) is 20.7. The van der Waals surface area contributed by atoms with Crippen LogP contribution in [0.2, 0.25) is 0 Å². The lowest BCUT2D eigenvalue weighted by Gasteiger charge is -2.57. The van der Waals surface area contributed by atoms with Crippen LogP contribution < -0.4 is 0 Å². The maximum absolute atomic E-state index is 11.2. The van der Waals surface area contributed by atoms with Crippen molar-refractivity contribution in [1.82, 2.24) is 0 Å². The normalized spacial score (nSPS) is 41.6. The lowest BCUT2D eigenvalue weighted by molar-refractivity contribution is -0.411. The molecule has 6 atom stereocenters. The number of allylic oxidation sites excluding steroid dienone is 2. The Balaban J connectivity index is 1.66. The zero-order valence-corrected chi connectivity index (χ0v) is 18.7. The van der Waals surface area contributed by atoms with Crippen molar-refractivity contribution in [2.45, 2.75) is 105 Å². The summed E-state index contributed by atoms with van der Waals surface area (Å²) in [5, 5.41) is 9.21. The quantitative estimate of drug-likeness (QED) is 0.450. The maximum atomic E-state index is 11.2. The van der Waals surface area contributed by atoms with E-state index in [1.165, 1.54) is 25.7 Å². The molecule has 6 unspecified atom stereocenters. The fourth-order valence-electron chi connectivity index (χ4n) is 6.52. The van der Waals surface area contributed by atoms with Gasteiger partial charge in [-0.15, -0.1) is 0 Å². The van der Waals surface area contributed by atoms with Gasteiger partial charge in [-0.2, -0.15) is 0 Å². The molecule has 1 aliphatic heterocycles. The van der Waals surface area contributed by atoms with Crippen molar-refractivity contribution < 1.29 is 19.7 Å². The second-order valence-electron chi connectivity index (χ2n) is 11.0. The summed E-state index contributed by atoms with van der Waals surface area (Å²) in [6.07, 6.45) is 11.0. The van der Waals surface area contributed by atoms with Crippen LogP contribution in [0, 0.1) is 28.6 Å². The van der Waals surface area contributed by atoms with Gasteiger partial charge in [0.15, 0.2) is 0 Å². The number of hydrogen-bond acceptors (Lipinski definition) is 3. The highest BCUT2D eigenvalue weighted by Gasteiger charge is 2.52. The summed E-state index contributed by atoms with van der Waals surface area (Å²) >= 11 is 0. The van der Waals surface area contributed by atoms with E-state index in [1.54, 1.807) is 12.5 Å². The number of carboxylic acids is 1. The Morgan fingerprint density at radius 1 is 1.25 bits per heavy atom. The molecule has 3 rings (SSSR count). The lowest BCUT2D eigenvalue weighted by atomic mass is 9.48. The minimum atomic E-state index is -0.820. The summed E-state index contributed by atoms with van der Waals surface area (Å²) in [5.74, 6) is -0.00208. The predicted molar refractivity (Wildman–Crippen MR) is 111 cm³/mol. The van der Waals surface area contributed by atoms with Gasteiger partial charge in [-0.1, -0.05) is 38.8 Å². The second-order valence-corrected chi connectivity index (χ2v) is 11.0. The Bertz CT molecular complexity index is 614. The van der Waals surface area contributed by atoms with Gasteiger partial charge in [-0.3, -0.25) is 4.79 Å². The van der Waals surface area contributed by atoms with Gasteiger partial charge in [0.25, 0.3) is 0 Å². The molecule has 28 heavy (non-hydrogen) atoms. The van der Waals surface area contributed by atoms with Crippen molar-refractivity contribution in [3.05, 3.63) is 11.6 Å². The molecule has 160 valence electrons. The molecule has 4 heteroatoms. The molecule has 3 aliphatic rings. The van der Waals surface area contributed by atoms with Crippen LogP contribution >= 0.6 is 0 Å². The van der Waals surface area contributed by atoms with E-state index < -0.39 is 11.9 Å². The monoisotopic (exact) mass is 392 g/mol. The summed E-state index contributed by atoms with van der Waals surface area (Å²) in [7, 11) is 0. The van der Waals surface area contributed by atoms with Crippen LogP contribution in [0.5, 0.6) is 0 Å². The Kier molecular flexibility index (Phi) is 6.05.